The van der Waals surface area contributed by atoms with Crippen LogP contribution < -0.4 is 0 Å². The minimum absolute atomic E-state index is 0.0299. The normalized spacial score (nSPS) is 23.9. The van der Waals surface area contributed by atoms with Gasteiger partial charge in [0.15, 0.2) is 0 Å². The number of hydrogen-bond acceptors (Lipinski definition) is 3. The summed E-state index contributed by atoms with van der Waals surface area (Å²) in [6.07, 6.45) is 7.47. The number of methoxy groups -OCH3 is 1. The Balaban J connectivity index is 1.70. The van der Waals surface area contributed by atoms with Crippen molar-refractivity contribution < 1.29 is 14.3 Å². The maximum Gasteiger partial charge on any atom is 0.255 e. The predicted octanol–water partition coefficient (Wildman–Crippen LogP) is 2.73. The molecule has 0 aromatic carbocycles. The number of aromatic nitrogens is 1. The minimum Gasteiger partial charge on any atom is -0.383 e. The van der Waals surface area contributed by atoms with Crippen molar-refractivity contribution in [2.45, 2.75) is 52.0 Å². The van der Waals surface area contributed by atoms with Crippen LogP contribution >= 0.6 is 0 Å². The molecule has 2 aliphatic rings. The molecule has 6 heteroatoms. The molecule has 1 aromatic rings. The monoisotopic (exact) mass is 375 g/mol. The van der Waals surface area contributed by atoms with E-state index in [-0.39, 0.29) is 22.8 Å². The van der Waals surface area contributed by atoms with Gasteiger partial charge in [0.25, 0.3) is 5.91 Å². The van der Waals surface area contributed by atoms with E-state index in [1.807, 2.05) is 28.3 Å². The van der Waals surface area contributed by atoms with Gasteiger partial charge in [-0.25, -0.2) is 0 Å². The molecule has 1 spiro atoms. The molecule has 3 heterocycles. The van der Waals surface area contributed by atoms with Crippen molar-refractivity contribution in [2.24, 2.45) is 5.41 Å². The average molecular weight is 376 g/mol. The number of carbonyl (C=O) groups excluding carboxylic acids is 2. The molecule has 6 nitrogen and oxygen atoms in total. The predicted molar refractivity (Wildman–Crippen MR) is 105 cm³/mol. The Morgan fingerprint density at radius 2 is 2.04 bits per heavy atom. The summed E-state index contributed by atoms with van der Waals surface area (Å²) >= 11 is 0. The summed E-state index contributed by atoms with van der Waals surface area (Å²) in [5, 5.41) is 0. The lowest BCUT2D eigenvalue weighted by atomic mass is 9.73. The fourth-order valence-electron chi connectivity index (χ4n) is 4.34. The highest BCUT2D eigenvalue weighted by molar-refractivity contribution is 5.94. The highest BCUT2D eigenvalue weighted by Gasteiger charge is 2.42. The largest absolute Gasteiger partial charge is 0.383 e. The van der Waals surface area contributed by atoms with Crippen LogP contribution in [0.25, 0.3) is 0 Å². The summed E-state index contributed by atoms with van der Waals surface area (Å²) in [4.78, 5) is 29.3. The molecule has 2 aliphatic heterocycles. The van der Waals surface area contributed by atoms with Gasteiger partial charge >= 0.3 is 0 Å². The van der Waals surface area contributed by atoms with Gasteiger partial charge in [-0.1, -0.05) is 0 Å². The Hall–Kier alpha value is -1.82. The number of amides is 2. The van der Waals surface area contributed by atoms with E-state index in [0.29, 0.717) is 19.6 Å². The molecule has 1 unspecified atom stereocenters. The van der Waals surface area contributed by atoms with Gasteiger partial charge in [-0.15, -0.1) is 0 Å². The number of ether oxygens (including phenoxy) is 1. The number of piperidine rings is 2. The van der Waals surface area contributed by atoms with Gasteiger partial charge in [0.1, 0.15) is 0 Å². The standard InChI is InChI=1S/C21H33N3O3/c1-20(2,3)24-11-7-17(14-24)19(26)23-10-5-8-21(16-23)9-6-18(25)22(15-21)12-13-27-4/h7,11,14H,5-6,8-10,12-13,15-16H2,1-4H3. The Kier molecular flexibility index (Phi) is 5.65. The van der Waals surface area contributed by atoms with Crippen LogP contribution in [0.1, 0.15) is 56.8 Å². The number of likely N-dealkylation sites (tertiary alicyclic amines) is 2. The fraction of sp³-hybridized carbons (Fsp3) is 0.714. The summed E-state index contributed by atoms with van der Waals surface area (Å²) in [5.41, 5.74) is 0.750. The Morgan fingerprint density at radius 1 is 1.26 bits per heavy atom. The van der Waals surface area contributed by atoms with E-state index in [0.717, 1.165) is 44.5 Å². The summed E-state index contributed by atoms with van der Waals surface area (Å²) < 4.78 is 7.24. The maximum absolute atomic E-state index is 13.1. The van der Waals surface area contributed by atoms with Crippen LogP contribution in [-0.4, -0.2) is 66.1 Å². The fourth-order valence-corrected chi connectivity index (χ4v) is 4.34. The van der Waals surface area contributed by atoms with Gasteiger partial charge in [-0.3, -0.25) is 9.59 Å². The minimum atomic E-state index is -0.0345. The van der Waals surface area contributed by atoms with E-state index in [9.17, 15) is 9.59 Å². The number of hydrogen-bond donors (Lipinski definition) is 0. The molecule has 1 atom stereocenters. The van der Waals surface area contributed by atoms with E-state index >= 15 is 0 Å². The summed E-state index contributed by atoms with van der Waals surface area (Å²) in [6, 6.07) is 1.92. The van der Waals surface area contributed by atoms with Crippen molar-refractivity contribution in [2.75, 3.05) is 39.9 Å². The van der Waals surface area contributed by atoms with Crippen LogP contribution in [0.2, 0.25) is 0 Å². The Morgan fingerprint density at radius 3 is 2.70 bits per heavy atom. The Bertz CT molecular complexity index is 691. The van der Waals surface area contributed by atoms with Gasteiger partial charge in [-0.05, 0) is 46.1 Å². The smallest absolute Gasteiger partial charge is 0.255 e. The number of nitrogens with zero attached hydrogens (tertiary/aromatic N) is 3. The zero-order valence-electron chi connectivity index (χ0n) is 17.2. The molecule has 27 heavy (non-hydrogen) atoms. The summed E-state index contributed by atoms with van der Waals surface area (Å²) in [6.45, 7) is 9.86. The van der Waals surface area contributed by atoms with Crippen molar-refractivity contribution in [1.29, 1.82) is 0 Å². The molecule has 0 bridgehead atoms. The second kappa shape index (κ2) is 7.66. The quantitative estimate of drug-likeness (QED) is 0.813. The average Bonchev–Trinajstić information content (AvgIpc) is 3.13. The summed E-state index contributed by atoms with van der Waals surface area (Å²) in [7, 11) is 1.66. The van der Waals surface area contributed by atoms with E-state index in [1.54, 1.807) is 7.11 Å². The molecular formula is C21H33N3O3. The molecule has 2 fully saturated rings. The molecule has 2 amide bonds. The first-order valence-corrected chi connectivity index (χ1v) is 9.99. The van der Waals surface area contributed by atoms with Gasteiger partial charge in [0.2, 0.25) is 5.91 Å². The lowest BCUT2D eigenvalue weighted by Crippen LogP contribution is -2.55. The van der Waals surface area contributed by atoms with E-state index in [2.05, 4.69) is 25.3 Å². The van der Waals surface area contributed by atoms with Crippen LogP contribution in [0.5, 0.6) is 0 Å². The van der Waals surface area contributed by atoms with Gasteiger partial charge in [0, 0.05) is 63.1 Å². The van der Waals surface area contributed by atoms with Gasteiger partial charge in [-0.2, -0.15) is 0 Å². The lowest BCUT2D eigenvalue weighted by Gasteiger charge is -2.48. The van der Waals surface area contributed by atoms with E-state index < -0.39 is 0 Å². The molecule has 3 rings (SSSR count). The highest BCUT2D eigenvalue weighted by Crippen LogP contribution is 2.39. The van der Waals surface area contributed by atoms with Gasteiger partial charge in [0.05, 0.1) is 12.2 Å². The van der Waals surface area contributed by atoms with Crippen LogP contribution in [0, 0.1) is 5.41 Å². The number of carbonyl (C=O) groups is 2. The van der Waals surface area contributed by atoms with Crippen molar-refractivity contribution in [3.8, 4) is 0 Å². The SMILES string of the molecule is COCCN1CC2(CCCN(C(=O)c3ccn(C(C)(C)C)c3)C2)CCC1=O. The van der Waals surface area contributed by atoms with Crippen molar-refractivity contribution >= 4 is 11.8 Å². The van der Waals surface area contributed by atoms with Crippen LogP contribution in [0.3, 0.4) is 0 Å². The topological polar surface area (TPSA) is 54.8 Å². The number of rotatable bonds is 4. The first kappa shape index (κ1) is 19.9. The van der Waals surface area contributed by atoms with E-state index in [1.165, 1.54) is 0 Å². The third-order valence-electron chi connectivity index (χ3n) is 5.98. The molecule has 0 radical (unpaired) electrons. The lowest BCUT2D eigenvalue weighted by molar-refractivity contribution is -0.139. The van der Waals surface area contributed by atoms with Crippen LogP contribution in [0.4, 0.5) is 0 Å². The first-order chi connectivity index (χ1) is 12.7. The van der Waals surface area contributed by atoms with Crippen LogP contribution in [0.15, 0.2) is 18.5 Å². The molecule has 0 N–H and O–H groups in total. The zero-order valence-corrected chi connectivity index (χ0v) is 17.2. The molecule has 2 saturated heterocycles. The van der Waals surface area contributed by atoms with Gasteiger partial charge < -0.3 is 19.1 Å². The first-order valence-electron chi connectivity index (χ1n) is 9.99. The third-order valence-corrected chi connectivity index (χ3v) is 5.98. The molecule has 0 aliphatic carbocycles. The van der Waals surface area contributed by atoms with Crippen LogP contribution in [-0.2, 0) is 15.1 Å². The van der Waals surface area contributed by atoms with Crippen molar-refractivity contribution in [3.63, 3.8) is 0 Å². The Labute approximate surface area is 162 Å². The van der Waals surface area contributed by atoms with E-state index in [4.69, 9.17) is 4.74 Å². The maximum atomic E-state index is 13.1. The van der Waals surface area contributed by atoms with Crippen molar-refractivity contribution in [3.05, 3.63) is 24.0 Å². The molecular weight excluding hydrogens is 342 g/mol. The highest BCUT2D eigenvalue weighted by atomic mass is 16.5. The molecule has 150 valence electrons. The van der Waals surface area contributed by atoms with Crippen molar-refractivity contribution in [1.82, 2.24) is 14.4 Å². The molecule has 0 saturated carbocycles. The molecule has 1 aromatic heterocycles. The zero-order chi connectivity index (χ0) is 19.7. The second-order valence-electron chi connectivity index (χ2n) is 9.12. The third kappa shape index (κ3) is 4.37. The summed E-state index contributed by atoms with van der Waals surface area (Å²) in [5.74, 6) is 0.320. The second-order valence-corrected chi connectivity index (χ2v) is 9.12.